The van der Waals surface area contributed by atoms with E-state index in [2.05, 4.69) is 22.8 Å². The van der Waals surface area contributed by atoms with Crippen molar-refractivity contribution >= 4 is 40.0 Å². The van der Waals surface area contributed by atoms with Gasteiger partial charge in [-0.3, -0.25) is 9.59 Å². The Labute approximate surface area is 326 Å². The fourth-order valence-corrected chi connectivity index (χ4v) is 8.45. The van der Waals surface area contributed by atoms with Crippen LogP contribution in [0.1, 0.15) is 84.5 Å². The lowest BCUT2D eigenvalue weighted by Gasteiger charge is -2.30. The summed E-state index contributed by atoms with van der Waals surface area (Å²) in [6, 6.07) is 13.4. The highest BCUT2D eigenvalue weighted by molar-refractivity contribution is 6.04. The SMILES string of the molecule is CC(C)Oc1ccc(-c2nc(O[C@@H]3C[C@H]4C(=O)N[C@]5(CN)CC5/C=C\CCCCC[C@H](NC(=O)OC5CCCC5)C(=O)N4C3)c3oc4ccccc4c3n2)cc1. The largest absolute Gasteiger partial charge is 0.491 e. The van der Waals surface area contributed by atoms with Crippen LogP contribution in [0.25, 0.3) is 33.5 Å². The van der Waals surface area contributed by atoms with Crippen molar-refractivity contribution in [2.24, 2.45) is 11.7 Å². The molecule has 0 radical (unpaired) electrons. The van der Waals surface area contributed by atoms with Crippen LogP contribution in [0.3, 0.4) is 0 Å². The maximum Gasteiger partial charge on any atom is 0.408 e. The number of allylic oxidation sites excluding steroid dienone is 1. The highest BCUT2D eigenvalue weighted by atomic mass is 16.6. The van der Waals surface area contributed by atoms with E-state index in [0.717, 1.165) is 74.5 Å². The standard InChI is InChI=1S/C43H52N6O7/c1-26(2)53-30-20-18-27(19-21-30)38-46-36-32-15-10-11-17-35(32)56-37(36)40(47-38)54-31-22-34-39(50)48-43(25-44)23-28(43)12-6-4-3-5-7-16-33(41(51)49(34)24-31)45-42(52)55-29-13-8-9-14-29/h6,10-12,15,17-21,26,28-29,31,33-34H,3-5,7-9,13-14,16,22-25,44H2,1-2H3,(H,45,52)(H,48,50)/b12-6-/t28?,31-,33+,34+,43+/m1/s1. The molecule has 56 heavy (non-hydrogen) atoms. The quantitative estimate of drug-likeness (QED) is 0.167. The fourth-order valence-electron chi connectivity index (χ4n) is 8.45. The van der Waals surface area contributed by atoms with Crippen molar-refractivity contribution in [2.75, 3.05) is 13.1 Å². The zero-order valence-electron chi connectivity index (χ0n) is 32.2. The number of ether oxygens (including phenoxy) is 3. The van der Waals surface area contributed by atoms with E-state index in [1.165, 1.54) is 0 Å². The summed E-state index contributed by atoms with van der Waals surface area (Å²) in [5.74, 6) is 0.865. The predicted molar refractivity (Wildman–Crippen MR) is 211 cm³/mol. The lowest BCUT2D eigenvalue weighted by atomic mass is 10.0. The first kappa shape index (κ1) is 37.7. The van der Waals surface area contributed by atoms with E-state index in [-0.39, 0.29) is 55.3 Å². The van der Waals surface area contributed by atoms with Gasteiger partial charge >= 0.3 is 6.09 Å². The van der Waals surface area contributed by atoms with Crippen LogP contribution in [0.15, 0.2) is 65.1 Å². The monoisotopic (exact) mass is 764 g/mol. The third-order valence-electron chi connectivity index (χ3n) is 11.6. The normalized spacial score (nSPS) is 26.6. The molecule has 4 N–H and O–H groups in total. The molecule has 2 saturated carbocycles. The van der Waals surface area contributed by atoms with Crippen LogP contribution >= 0.6 is 0 Å². The van der Waals surface area contributed by atoms with Crippen LogP contribution in [0, 0.1) is 5.92 Å². The van der Waals surface area contributed by atoms with Gasteiger partial charge in [0, 0.05) is 29.8 Å². The molecule has 4 aromatic rings. The van der Waals surface area contributed by atoms with Crippen LogP contribution in [0.4, 0.5) is 4.79 Å². The smallest absolute Gasteiger partial charge is 0.408 e. The molecular weight excluding hydrogens is 713 g/mol. The third-order valence-corrected chi connectivity index (χ3v) is 11.6. The maximum atomic E-state index is 14.6. The van der Waals surface area contributed by atoms with Gasteiger partial charge in [0.2, 0.25) is 17.4 Å². The number of hydrogen-bond acceptors (Lipinski definition) is 10. The first-order chi connectivity index (χ1) is 27.2. The molecule has 2 aliphatic heterocycles. The minimum Gasteiger partial charge on any atom is -0.491 e. The van der Waals surface area contributed by atoms with E-state index in [0.29, 0.717) is 28.9 Å². The molecule has 0 bridgehead atoms. The zero-order chi connectivity index (χ0) is 38.8. The number of benzene rings is 2. The van der Waals surface area contributed by atoms with Crippen LogP contribution in [-0.2, 0) is 14.3 Å². The van der Waals surface area contributed by atoms with Gasteiger partial charge in [-0.15, -0.1) is 0 Å². The third kappa shape index (κ3) is 8.05. The van der Waals surface area contributed by atoms with Crippen molar-refractivity contribution in [1.82, 2.24) is 25.5 Å². The first-order valence-corrected chi connectivity index (χ1v) is 20.3. The van der Waals surface area contributed by atoms with Crippen LogP contribution in [-0.4, -0.2) is 81.8 Å². The summed E-state index contributed by atoms with van der Waals surface area (Å²) in [4.78, 5) is 53.4. The highest BCUT2D eigenvalue weighted by Crippen LogP contribution is 2.44. The van der Waals surface area contributed by atoms with E-state index in [1.807, 2.05) is 62.4 Å². The Morgan fingerprint density at radius 3 is 2.59 bits per heavy atom. The number of alkyl carbamates (subject to hydrolysis) is 1. The topological polar surface area (TPSA) is 171 Å². The molecule has 4 heterocycles. The average molecular weight is 765 g/mol. The number of carbonyl (C=O) groups is 3. The second-order valence-electron chi connectivity index (χ2n) is 16.0. The van der Waals surface area contributed by atoms with Gasteiger partial charge in [-0.2, -0.15) is 4.98 Å². The minimum atomic E-state index is -0.873. The van der Waals surface area contributed by atoms with E-state index in [9.17, 15) is 14.4 Å². The van der Waals surface area contributed by atoms with Crippen molar-refractivity contribution in [1.29, 1.82) is 0 Å². The molecule has 2 aliphatic carbocycles. The number of rotatable bonds is 8. The lowest BCUT2D eigenvalue weighted by Crippen LogP contribution is -2.56. The predicted octanol–water partition coefficient (Wildman–Crippen LogP) is 6.57. The molecule has 2 aromatic carbocycles. The zero-order valence-corrected chi connectivity index (χ0v) is 32.2. The number of furan rings is 1. The summed E-state index contributed by atoms with van der Waals surface area (Å²) in [5.41, 5.74) is 8.05. The molecule has 1 saturated heterocycles. The Balaban J connectivity index is 1.11. The second kappa shape index (κ2) is 16.1. The van der Waals surface area contributed by atoms with Crippen molar-refractivity contribution in [2.45, 2.75) is 120 Å². The molecule has 2 aromatic heterocycles. The van der Waals surface area contributed by atoms with Gasteiger partial charge in [-0.25, -0.2) is 9.78 Å². The van der Waals surface area contributed by atoms with Gasteiger partial charge in [-0.1, -0.05) is 37.1 Å². The Kier molecular flexibility index (Phi) is 10.9. The number of nitrogens with zero attached hydrogens (tertiary/aromatic N) is 3. The molecule has 1 unspecified atom stereocenters. The van der Waals surface area contributed by atoms with Crippen molar-refractivity contribution in [3.05, 3.63) is 60.7 Å². The Morgan fingerprint density at radius 1 is 1.02 bits per heavy atom. The summed E-state index contributed by atoms with van der Waals surface area (Å²) < 4.78 is 24.6. The molecule has 5 atom stereocenters. The second-order valence-corrected chi connectivity index (χ2v) is 16.0. The fraction of sp³-hybridized carbons (Fsp3) is 0.512. The molecule has 13 heteroatoms. The summed E-state index contributed by atoms with van der Waals surface area (Å²) in [5, 5.41) is 6.93. The number of para-hydroxylation sites is 1. The van der Waals surface area contributed by atoms with Crippen molar-refractivity contribution < 1.29 is 33.0 Å². The molecule has 3 fully saturated rings. The molecule has 296 valence electrons. The van der Waals surface area contributed by atoms with Gasteiger partial charge < -0.3 is 39.9 Å². The number of carbonyl (C=O) groups excluding carboxylic acids is 3. The number of hydrogen-bond donors (Lipinski definition) is 3. The number of amides is 3. The van der Waals surface area contributed by atoms with Gasteiger partial charge in [0.15, 0.2) is 5.82 Å². The number of fused-ring (bicyclic) bond motifs is 5. The molecule has 8 rings (SSSR count). The van der Waals surface area contributed by atoms with Crippen LogP contribution in [0.5, 0.6) is 11.6 Å². The number of nitrogens with two attached hydrogens (primary N) is 1. The van der Waals surface area contributed by atoms with Crippen LogP contribution in [0.2, 0.25) is 0 Å². The molecule has 13 nitrogen and oxygen atoms in total. The van der Waals surface area contributed by atoms with Gasteiger partial charge in [-0.05, 0) is 102 Å². The molecule has 0 spiro atoms. The summed E-state index contributed by atoms with van der Waals surface area (Å²) in [7, 11) is 0. The number of aromatic nitrogens is 2. The van der Waals surface area contributed by atoms with E-state index >= 15 is 0 Å². The van der Waals surface area contributed by atoms with E-state index in [1.54, 1.807) is 4.90 Å². The van der Waals surface area contributed by atoms with Crippen molar-refractivity contribution in [3.8, 4) is 23.0 Å². The average Bonchev–Trinajstić information content (AvgIpc) is 3.57. The summed E-state index contributed by atoms with van der Waals surface area (Å²) >= 11 is 0. The lowest BCUT2D eigenvalue weighted by molar-refractivity contribution is -0.140. The molecular formula is C43H52N6O7. The summed E-state index contributed by atoms with van der Waals surface area (Å²) in [6.07, 6.45) is 11.5. The molecule has 4 aliphatic rings. The Hall–Kier alpha value is -5.17. The Morgan fingerprint density at radius 2 is 1.80 bits per heavy atom. The first-order valence-electron chi connectivity index (χ1n) is 20.3. The summed E-state index contributed by atoms with van der Waals surface area (Å²) in [6.45, 7) is 4.32. The van der Waals surface area contributed by atoms with E-state index < -0.39 is 29.8 Å². The van der Waals surface area contributed by atoms with E-state index in [4.69, 9.17) is 34.3 Å². The van der Waals surface area contributed by atoms with Gasteiger partial charge in [0.05, 0.1) is 18.2 Å². The van der Waals surface area contributed by atoms with Gasteiger partial charge in [0.1, 0.15) is 41.1 Å². The van der Waals surface area contributed by atoms with Gasteiger partial charge in [0.25, 0.3) is 5.88 Å². The van der Waals surface area contributed by atoms with Crippen LogP contribution < -0.4 is 25.8 Å². The molecule has 3 amide bonds. The minimum absolute atomic E-state index is 0.0283. The number of nitrogens with one attached hydrogen (secondary N) is 2. The van der Waals surface area contributed by atoms with Crippen molar-refractivity contribution in [3.63, 3.8) is 0 Å². The Bertz CT molecular complexity index is 2090. The highest BCUT2D eigenvalue weighted by Gasteiger charge is 2.54. The maximum absolute atomic E-state index is 14.6.